The third-order valence-corrected chi connectivity index (χ3v) is 4.03. The van der Waals surface area contributed by atoms with Crippen molar-refractivity contribution in [1.29, 1.82) is 0 Å². The van der Waals surface area contributed by atoms with Crippen LogP contribution in [0.25, 0.3) is 0 Å². The maximum atomic E-state index is 12.4. The number of rotatable bonds is 10. The first-order chi connectivity index (χ1) is 13.6. The number of carbonyl (C=O) groups excluding carboxylic acids is 3. The Morgan fingerprint density at radius 2 is 1.76 bits per heavy atom. The van der Waals surface area contributed by atoms with Crippen LogP contribution >= 0.6 is 0 Å². The highest BCUT2D eigenvalue weighted by atomic mass is 16.6. The van der Waals surface area contributed by atoms with Crippen molar-refractivity contribution >= 4 is 18.0 Å². The van der Waals surface area contributed by atoms with Crippen molar-refractivity contribution in [2.75, 3.05) is 13.7 Å². The first-order valence-corrected chi connectivity index (χ1v) is 9.77. The predicted molar refractivity (Wildman–Crippen MR) is 110 cm³/mol. The van der Waals surface area contributed by atoms with Gasteiger partial charge < -0.3 is 25.8 Å². The summed E-state index contributed by atoms with van der Waals surface area (Å²) in [5.41, 5.74) is 6.32. The maximum absolute atomic E-state index is 12.4. The second-order valence-corrected chi connectivity index (χ2v) is 7.81. The van der Waals surface area contributed by atoms with E-state index in [1.807, 2.05) is 30.3 Å². The summed E-state index contributed by atoms with van der Waals surface area (Å²) in [5, 5.41) is 5.33. The van der Waals surface area contributed by atoms with E-state index in [9.17, 15) is 14.4 Å². The number of hydrogen-bond acceptors (Lipinski definition) is 6. The fourth-order valence-corrected chi connectivity index (χ4v) is 2.59. The number of hydrogen-bond donors (Lipinski definition) is 3. The summed E-state index contributed by atoms with van der Waals surface area (Å²) < 4.78 is 9.94. The van der Waals surface area contributed by atoms with Crippen molar-refractivity contribution < 1.29 is 23.9 Å². The minimum atomic E-state index is -0.796. The smallest absolute Gasteiger partial charge is 0.407 e. The van der Waals surface area contributed by atoms with E-state index in [0.717, 1.165) is 5.56 Å². The van der Waals surface area contributed by atoms with Crippen LogP contribution in [0.15, 0.2) is 30.3 Å². The van der Waals surface area contributed by atoms with Crippen molar-refractivity contribution in [3.63, 3.8) is 0 Å². The summed E-state index contributed by atoms with van der Waals surface area (Å²) in [5.74, 6) is -0.924. The van der Waals surface area contributed by atoms with E-state index in [1.54, 1.807) is 20.8 Å². The highest BCUT2D eigenvalue weighted by Crippen LogP contribution is 2.07. The molecule has 8 nitrogen and oxygen atoms in total. The van der Waals surface area contributed by atoms with Crippen LogP contribution in [0.1, 0.15) is 45.6 Å². The zero-order chi connectivity index (χ0) is 21.9. The highest BCUT2D eigenvalue weighted by molar-refractivity contribution is 5.87. The standard InChI is InChI=1S/C21H33N3O5/c1-21(2,3)29-20(27)23-13-9-8-12-16(22)18(25)24-17(19(26)28-4)14-15-10-6-5-7-11-15/h5-7,10-11,16-17H,8-9,12-14,22H2,1-4H3,(H,23,27)(H,24,25)/t16-,17-/m0/s1. The lowest BCUT2D eigenvalue weighted by atomic mass is 10.0. The molecule has 1 aromatic rings. The lowest BCUT2D eigenvalue weighted by molar-refractivity contribution is -0.145. The van der Waals surface area contributed by atoms with Gasteiger partial charge in [0.05, 0.1) is 13.2 Å². The number of unbranched alkanes of at least 4 members (excludes halogenated alkanes) is 1. The normalized spacial score (nSPS) is 13.1. The van der Waals surface area contributed by atoms with E-state index in [-0.39, 0.29) is 0 Å². The van der Waals surface area contributed by atoms with E-state index < -0.39 is 35.7 Å². The van der Waals surface area contributed by atoms with Crippen LogP contribution in [0.5, 0.6) is 0 Å². The van der Waals surface area contributed by atoms with E-state index >= 15 is 0 Å². The Morgan fingerprint density at radius 1 is 1.10 bits per heavy atom. The molecule has 0 aliphatic carbocycles. The van der Waals surface area contributed by atoms with Crippen LogP contribution in [0.3, 0.4) is 0 Å². The third-order valence-electron chi connectivity index (χ3n) is 4.03. The van der Waals surface area contributed by atoms with Crippen LogP contribution < -0.4 is 16.4 Å². The quantitative estimate of drug-likeness (QED) is 0.403. The van der Waals surface area contributed by atoms with Gasteiger partial charge in [-0.1, -0.05) is 30.3 Å². The molecule has 4 N–H and O–H groups in total. The number of benzene rings is 1. The van der Waals surface area contributed by atoms with Crippen LogP contribution in [-0.2, 0) is 25.5 Å². The average Bonchev–Trinajstić information content (AvgIpc) is 2.65. The van der Waals surface area contributed by atoms with Crippen molar-refractivity contribution in [3.8, 4) is 0 Å². The van der Waals surface area contributed by atoms with Gasteiger partial charge in [-0.25, -0.2) is 9.59 Å². The largest absolute Gasteiger partial charge is 0.467 e. The molecule has 0 bridgehead atoms. The van der Waals surface area contributed by atoms with Gasteiger partial charge in [-0.15, -0.1) is 0 Å². The molecular formula is C21H33N3O5. The van der Waals surface area contributed by atoms with Gasteiger partial charge in [0.15, 0.2) is 0 Å². The molecule has 0 radical (unpaired) electrons. The second-order valence-electron chi connectivity index (χ2n) is 7.81. The van der Waals surface area contributed by atoms with E-state index in [1.165, 1.54) is 7.11 Å². The van der Waals surface area contributed by atoms with Gasteiger partial charge in [-0.05, 0) is 45.6 Å². The van der Waals surface area contributed by atoms with Crippen LogP contribution in [-0.4, -0.2) is 49.3 Å². The molecule has 1 aromatic carbocycles. The number of amides is 2. The van der Waals surface area contributed by atoms with Crippen molar-refractivity contribution in [1.82, 2.24) is 10.6 Å². The molecule has 0 saturated heterocycles. The average molecular weight is 408 g/mol. The lowest BCUT2D eigenvalue weighted by Gasteiger charge is -2.20. The SMILES string of the molecule is COC(=O)[C@H](Cc1ccccc1)NC(=O)[C@@H](N)CCCCNC(=O)OC(C)(C)C. The molecule has 2 amide bonds. The van der Waals surface area contributed by atoms with Crippen LogP contribution in [0.4, 0.5) is 4.79 Å². The molecule has 1 rings (SSSR count). The molecule has 0 fully saturated rings. The molecule has 29 heavy (non-hydrogen) atoms. The first kappa shape index (κ1) is 24.4. The van der Waals surface area contributed by atoms with Gasteiger partial charge in [-0.2, -0.15) is 0 Å². The Balaban J connectivity index is 2.38. The Labute approximate surface area is 172 Å². The Morgan fingerprint density at radius 3 is 2.34 bits per heavy atom. The maximum Gasteiger partial charge on any atom is 0.407 e. The number of methoxy groups -OCH3 is 1. The lowest BCUT2D eigenvalue weighted by Crippen LogP contribution is -2.49. The zero-order valence-electron chi connectivity index (χ0n) is 17.7. The molecule has 0 unspecified atom stereocenters. The molecule has 0 aromatic heterocycles. The fraction of sp³-hybridized carbons (Fsp3) is 0.571. The molecule has 0 aliphatic heterocycles. The van der Waals surface area contributed by atoms with Crippen LogP contribution in [0.2, 0.25) is 0 Å². The zero-order valence-corrected chi connectivity index (χ0v) is 17.7. The third kappa shape index (κ3) is 10.5. The molecule has 0 saturated carbocycles. The minimum absolute atomic E-state index is 0.325. The summed E-state index contributed by atoms with van der Waals surface area (Å²) in [6.07, 6.45) is 1.59. The summed E-state index contributed by atoms with van der Waals surface area (Å²) in [6.45, 7) is 5.82. The summed E-state index contributed by atoms with van der Waals surface area (Å²) in [7, 11) is 1.28. The minimum Gasteiger partial charge on any atom is -0.467 e. The molecule has 0 heterocycles. The van der Waals surface area contributed by atoms with Gasteiger partial charge >= 0.3 is 12.1 Å². The van der Waals surface area contributed by atoms with E-state index in [4.69, 9.17) is 15.2 Å². The first-order valence-electron chi connectivity index (χ1n) is 9.77. The number of esters is 1. The summed E-state index contributed by atoms with van der Waals surface area (Å²) >= 11 is 0. The second kappa shape index (κ2) is 12.1. The number of nitrogens with two attached hydrogens (primary N) is 1. The fourth-order valence-electron chi connectivity index (χ4n) is 2.59. The van der Waals surface area contributed by atoms with Crippen molar-refractivity contribution in [3.05, 3.63) is 35.9 Å². The number of carbonyl (C=O) groups is 3. The summed E-state index contributed by atoms with van der Waals surface area (Å²) in [6, 6.07) is 7.81. The molecule has 2 atom stereocenters. The van der Waals surface area contributed by atoms with Gasteiger partial charge in [0, 0.05) is 13.0 Å². The Kier molecular flexibility index (Phi) is 10.2. The predicted octanol–water partition coefficient (Wildman–Crippen LogP) is 1.91. The monoisotopic (exact) mass is 407 g/mol. The Bertz CT molecular complexity index is 658. The molecule has 0 aliphatic rings. The van der Waals surface area contributed by atoms with Gasteiger partial charge in [0.1, 0.15) is 11.6 Å². The van der Waals surface area contributed by atoms with Gasteiger partial charge in [0.2, 0.25) is 5.91 Å². The molecule has 8 heteroatoms. The summed E-state index contributed by atoms with van der Waals surface area (Å²) in [4.78, 5) is 35.9. The number of ether oxygens (including phenoxy) is 2. The Hall–Kier alpha value is -2.61. The molecule has 162 valence electrons. The molecule has 0 spiro atoms. The van der Waals surface area contributed by atoms with E-state index in [0.29, 0.717) is 32.2 Å². The van der Waals surface area contributed by atoms with Crippen molar-refractivity contribution in [2.45, 2.75) is 64.1 Å². The van der Waals surface area contributed by atoms with Gasteiger partial charge in [0.25, 0.3) is 0 Å². The highest BCUT2D eigenvalue weighted by Gasteiger charge is 2.24. The van der Waals surface area contributed by atoms with Gasteiger partial charge in [-0.3, -0.25) is 4.79 Å². The number of nitrogens with one attached hydrogen (secondary N) is 2. The topological polar surface area (TPSA) is 120 Å². The van der Waals surface area contributed by atoms with Crippen molar-refractivity contribution in [2.24, 2.45) is 5.73 Å². The van der Waals surface area contributed by atoms with E-state index in [2.05, 4.69) is 10.6 Å². The van der Waals surface area contributed by atoms with Crippen LogP contribution in [0, 0.1) is 0 Å². The molecular weight excluding hydrogens is 374 g/mol. The number of alkyl carbamates (subject to hydrolysis) is 1.